The summed E-state index contributed by atoms with van der Waals surface area (Å²) in [5.41, 5.74) is 4.05. The van der Waals surface area contributed by atoms with Gasteiger partial charge in [0.2, 0.25) is 0 Å². The van der Waals surface area contributed by atoms with E-state index in [4.69, 9.17) is 0 Å². The van der Waals surface area contributed by atoms with Crippen LogP contribution in [0.5, 0.6) is 0 Å². The molecule has 0 aliphatic carbocycles. The molecule has 0 aromatic carbocycles. The lowest BCUT2D eigenvalue weighted by atomic mass is 10.0. The molecule has 0 saturated heterocycles. The second-order valence-electron chi connectivity index (χ2n) is 4.68. The summed E-state index contributed by atoms with van der Waals surface area (Å²) >= 11 is 0. The smallest absolute Gasteiger partial charge is 0.101 e. The van der Waals surface area contributed by atoms with Crippen molar-refractivity contribution in [3.63, 3.8) is 0 Å². The van der Waals surface area contributed by atoms with Gasteiger partial charge in [-0.05, 0) is 35.8 Å². The van der Waals surface area contributed by atoms with Crippen molar-refractivity contribution >= 4 is 11.3 Å². The number of rotatable bonds is 2. The van der Waals surface area contributed by atoms with E-state index in [0.29, 0.717) is 5.56 Å². The number of nitrogens with zero attached hydrogens (tertiary/aromatic N) is 4. The highest BCUT2D eigenvalue weighted by molar-refractivity contribution is 5.72. The molecule has 0 spiro atoms. The second kappa shape index (κ2) is 5.54. The standard InChI is InChI=1S/C16H14N4/c17-10-14-5-8-19-11-16(14)20-9-1-2-15(12-20)13-3-6-18-7-4-13/h2-8,11H,1,9,12H2. The molecular weight excluding hydrogens is 248 g/mol. The van der Waals surface area contributed by atoms with Crippen molar-refractivity contribution in [2.24, 2.45) is 0 Å². The van der Waals surface area contributed by atoms with Gasteiger partial charge in [-0.25, -0.2) is 0 Å². The largest absolute Gasteiger partial charge is 0.365 e. The Morgan fingerprint density at radius 1 is 1.10 bits per heavy atom. The number of aromatic nitrogens is 2. The average Bonchev–Trinajstić information content (AvgIpc) is 2.56. The molecule has 0 unspecified atom stereocenters. The zero-order valence-electron chi connectivity index (χ0n) is 11.0. The van der Waals surface area contributed by atoms with Crippen LogP contribution in [0.15, 0.2) is 49.1 Å². The molecule has 3 heterocycles. The summed E-state index contributed by atoms with van der Waals surface area (Å²) in [5.74, 6) is 0. The maximum atomic E-state index is 9.20. The highest BCUT2D eigenvalue weighted by atomic mass is 15.1. The van der Waals surface area contributed by atoms with Gasteiger partial charge in [0.15, 0.2) is 0 Å². The van der Waals surface area contributed by atoms with Gasteiger partial charge in [-0.2, -0.15) is 5.26 Å². The first kappa shape index (κ1) is 12.4. The molecular formula is C16H14N4. The molecule has 0 bridgehead atoms. The quantitative estimate of drug-likeness (QED) is 0.835. The van der Waals surface area contributed by atoms with Crippen molar-refractivity contribution in [2.75, 3.05) is 18.0 Å². The van der Waals surface area contributed by atoms with Crippen LogP contribution in [-0.4, -0.2) is 23.1 Å². The summed E-state index contributed by atoms with van der Waals surface area (Å²) < 4.78 is 0. The van der Waals surface area contributed by atoms with Crippen molar-refractivity contribution in [3.05, 3.63) is 60.2 Å². The number of anilines is 1. The molecule has 1 aliphatic heterocycles. The molecule has 2 aromatic rings. The van der Waals surface area contributed by atoms with Crippen LogP contribution < -0.4 is 4.90 Å². The normalized spacial score (nSPS) is 14.6. The molecule has 2 aromatic heterocycles. The maximum Gasteiger partial charge on any atom is 0.101 e. The van der Waals surface area contributed by atoms with Crippen LogP contribution >= 0.6 is 0 Å². The maximum absolute atomic E-state index is 9.20. The minimum Gasteiger partial charge on any atom is -0.365 e. The van der Waals surface area contributed by atoms with Gasteiger partial charge in [0, 0.05) is 31.7 Å². The Balaban J connectivity index is 1.88. The zero-order valence-corrected chi connectivity index (χ0v) is 11.0. The molecule has 20 heavy (non-hydrogen) atoms. The van der Waals surface area contributed by atoms with Crippen molar-refractivity contribution in [3.8, 4) is 6.07 Å². The zero-order chi connectivity index (χ0) is 13.8. The third kappa shape index (κ3) is 2.39. The van der Waals surface area contributed by atoms with E-state index in [9.17, 15) is 5.26 Å². The Kier molecular flexibility index (Phi) is 3.42. The Morgan fingerprint density at radius 2 is 1.90 bits per heavy atom. The summed E-state index contributed by atoms with van der Waals surface area (Å²) in [5, 5.41) is 9.20. The Morgan fingerprint density at radius 3 is 2.70 bits per heavy atom. The Hall–Kier alpha value is -2.67. The summed E-state index contributed by atoms with van der Waals surface area (Å²) in [7, 11) is 0. The molecule has 0 amide bonds. The lowest BCUT2D eigenvalue weighted by Crippen LogP contribution is -2.30. The van der Waals surface area contributed by atoms with E-state index >= 15 is 0 Å². The van der Waals surface area contributed by atoms with Gasteiger partial charge in [0.25, 0.3) is 0 Å². The van der Waals surface area contributed by atoms with E-state index < -0.39 is 0 Å². The molecule has 4 nitrogen and oxygen atoms in total. The average molecular weight is 262 g/mol. The third-order valence-corrected chi connectivity index (χ3v) is 3.46. The van der Waals surface area contributed by atoms with Crippen molar-refractivity contribution < 1.29 is 0 Å². The van der Waals surface area contributed by atoms with Crippen molar-refractivity contribution in [1.29, 1.82) is 5.26 Å². The lowest BCUT2D eigenvalue weighted by Gasteiger charge is -2.29. The van der Waals surface area contributed by atoms with Crippen LogP contribution in [-0.2, 0) is 0 Å². The second-order valence-corrected chi connectivity index (χ2v) is 4.68. The van der Waals surface area contributed by atoms with Crippen LogP contribution in [0.3, 0.4) is 0 Å². The highest BCUT2D eigenvalue weighted by Crippen LogP contribution is 2.26. The topological polar surface area (TPSA) is 52.8 Å². The molecule has 3 rings (SSSR count). The first-order chi connectivity index (χ1) is 9.88. The van der Waals surface area contributed by atoms with Crippen molar-refractivity contribution in [1.82, 2.24) is 9.97 Å². The van der Waals surface area contributed by atoms with E-state index in [2.05, 4.69) is 27.0 Å². The number of hydrogen-bond acceptors (Lipinski definition) is 4. The fourth-order valence-corrected chi connectivity index (χ4v) is 2.46. The van der Waals surface area contributed by atoms with Gasteiger partial charge in [0.1, 0.15) is 6.07 Å². The van der Waals surface area contributed by atoms with Gasteiger partial charge in [-0.15, -0.1) is 0 Å². The van der Waals surface area contributed by atoms with Crippen molar-refractivity contribution in [2.45, 2.75) is 6.42 Å². The first-order valence-electron chi connectivity index (χ1n) is 6.57. The summed E-state index contributed by atoms with van der Waals surface area (Å²) in [6, 6.07) is 8.04. The van der Waals surface area contributed by atoms with Gasteiger partial charge in [-0.1, -0.05) is 6.08 Å². The number of pyridine rings is 2. The highest BCUT2D eigenvalue weighted by Gasteiger charge is 2.17. The fourth-order valence-electron chi connectivity index (χ4n) is 2.46. The number of nitriles is 1. The molecule has 0 fully saturated rings. The van der Waals surface area contributed by atoms with Crippen LogP contribution in [0, 0.1) is 11.3 Å². The summed E-state index contributed by atoms with van der Waals surface area (Å²) in [4.78, 5) is 10.4. The van der Waals surface area contributed by atoms with Crippen LogP contribution in [0.1, 0.15) is 17.5 Å². The predicted molar refractivity (Wildman–Crippen MR) is 78.0 cm³/mol. The van der Waals surface area contributed by atoms with Crippen LogP contribution in [0.4, 0.5) is 5.69 Å². The van der Waals surface area contributed by atoms with Crippen LogP contribution in [0.2, 0.25) is 0 Å². The minimum atomic E-state index is 0.677. The predicted octanol–water partition coefficient (Wildman–Crippen LogP) is 2.64. The van der Waals surface area contributed by atoms with Gasteiger partial charge >= 0.3 is 0 Å². The molecule has 4 heteroatoms. The van der Waals surface area contributed by atoms with E-state index in [1.165, 1.54) is 11.1 Å². The van der Waals surface area contributed by atoms with Gasteiger partial charge in [0.05, 0.1) is 17.4 Å². The molecule has 0 N–H and O–H groups in total. The Bertz CT molecular complexity index is 670. The molecule has 0 atom stereocenters. The summed E-state index contributed by atoms with van der Waals surface area (Å²) in [6.07, 6.45) is 10.3. The van der Waals surface area contributed by atoms with E-state index in [1.54, 1.807) is 30.9 Å². The molecule has 98 valence electrons. The van der Waals surface area contributed by atoms with Gasteiger partial charge < -0.3 is 4.90 Å². The third-order valence-electron chi connectivity index (χ3n) is 3.46. The molecule has 0 saturated carbocycles. The molecule has 0 radical (unpaired) electrons. The fraction of sp³-hybridized carbons (Fsp3) is 0.188. The Labute approximate surface area is 118 Å². The SMILES string of the molecule is N#Cc1ccncc1N1CCC=C(c2ccncc2)C1. The van der Waals surface area contributed by atoms with E-state index in [1.807, 2.05) is 12.1 Å². The lowest BCUT2D eigenvalue weighted by molar-refractivity contribution is 0.827. The van der Waals surface area contributed by atoms with E-state index in [0.717, 1.165) is 25.2 Å². The van der Waals surface area contributed by atoms with E-state index in [-0.39, 0.29) is 0 Å². The minimum absolute atomic E-state index is 0.677. The first-order valence-corrected chi connectivity index (χ1v) is 6.57. The molecule has 1 aliphatic rings. The summed E-state index contributed by atoms with van der Waals surface area (Å²) in [6.45, 7) is 1.71. The monoisotopic (exact) mass is 262 g/mol. The van der Waals surface area contributed by atoms with Gasteiger partial charge in [-0.3, -0.25) is 9.97 Å². The number of hydrogen-bond donors (Lipinski definition) is 0. The van der Waals surface area contributed by atoms with Crippen LogP contribution in [0.25, 0.3) is 5.57 Å².